The second-order valence-electron chi connectivity index (χ2n) is 2.36. The van der Waals surface area contributed by atoms with Gasteiger partial charge in [-0.1, -0.05) is 0 Å². The Morgan fingerprint density at radius 1 is 1.45 bits per heavy atom. The highest BCUT2D eigenvalue weighted by Gasteiger charge is 2.04. The van der Waals surface area contributed by atoms with Crippen LogP contribution >= 0.6 is 0 Å². The van der Waals surface area contributed by atoms with Crippen molar-refractivity contribution in [2.75, 3.05) is 0 Å². The van der Waals surface area contributed by atoms with E-state index >= 15 is 0 Å². The van der Waals surface area contributed by atoms with Gasteiger partial charge >= 0.3 is 0 Å². The quantitative estimate of drug-likeness (QED) is 0.636. The van der Waals surface area contributed by atoms with E-state index in [2.05, 4.69) is 14.8 Å². The Labute approximate surface area is 65.4 Å². The Kier molecular flexibility index (Phi) is 2.51. The van der Waals surface area contributed by atoms with Crippen molar-refractivity contribution in [1.29, 1.82) is 0 Å². The fourth-order valence-corrected chi connectivity index (χ4v) is 0.682. The normalized spacial score (nSPS) is 13.0. The summed E-state index contributed by atoms with van der Waals surface area (Å²) in [5.41, 5.74) is 1.64. The standard InChI is InChI=1S/C7H11N3O/c1-5-3-10-7(4-9-5)6(2)11-8/h3-4,6H,8H2,1-2H3. The van der Waals surface area contributed by atoms with E-state index in [0.717, 1.165) is 11.4 Å². The van der Waals surface area contributed by atoms with E-state index in [1.54, 1.807) is 12.4 Å². The predicted octanol–water partition coefficient (Wildman–Crippen LogP) is 0.736. The molecule has 0 saturated carbocycles. The summed E-state index contributed by atoms with van der Waals surface area (Å²) >= 11 is 0. The molecule has 4 nitrogen and oxygen atoms in total. The van der Waals surface area contributed by atoms with Gasteiger partial charge in [0.1, 0.15) is 6.10 Å². The monoisotopic (exact) mass is 153 g/mol. The van der Waals surface area contributed by atoms with Crippen LogP contribution in [0, 0.1) is 6.92 Å². The molecule has 1 rings (SSSR count). The lowest BCUT2D eigenvalue weighted by molar-refractivity contribution is 0.0631. The van der Waals surface area contributed by atoms with Crippen molar-refractivity contribution in [1.82, 2.24) is 9.97 Å². The number of aryl methyl sites for hydroxylation is 1. The summed E-state index contributed by atoms with van der Waals surface area (Å²) in [6.45, 7) is 3.70. The molecule has 1 aromatic heterocycles. The molecule has 0 saturated heterocycles. The predicted molar refractivity (Wildman–Crippen MR) is 40.5 cm³/mol. The molecule has 0 bridgehead atoms. The molecule has 1 heterocycles. The van der Waals surface area contributed by atoms with E-state index in [-0.39, 0.29) is 6.10 Å². The molecule has 2 N–H and O–H groups in total. The van der Waals surface area contributed by atoms with Gasteiger partial charge in [0.25, 0.3) is 0 Å². The number of hydrogen-bond acceptors (Lipinski definition) is 4. The van der Waals surface area contributed by atoms with Crippen LogP contribution in [0.25, 0.3) is 0 Å². The maximum Gasteiger partial charge on any atom is 0.119 e. The first-order valence-electron chi connectivity index (χ1n) is 3.38. The average Bonchev–Trinajstić information content (AvgIpc) is 2.05. The van der Waals surface area contributed by atoms with Crippen LogP contribution in [0.3, 0.4) is 0 Å². The van der Waals surface area contributed by atoms with Crippen LogP contribution in [0.4, 0.5) is 0 Å². The first kappa shape index (κ1) is 8.10. The first-order valence-corrected chi connectivity index (χ1v) is 3.38. The zero-order valence-corrected chi connectivity index (χ0v) is 6.61. The summed E-state index contributed by atoms with van der Waals surface area (Å²) in [5.74, 6) is 4.97. The number of nitrogens with zero attached hydrogens (tertiary/aromatic N) is 2. The van der Waals surface area contributed by atoms with Gasteiger partial charge in [-0.2, -0.15) is 0 Å². The smallest absolute Gasteiger partial charge is 0.119 e. The van der Waals surface area contributed by atoms with Crippen molar-refractivity contribution in [3.63, 3.8) is 0 Å². The van der Waals surface area contributed by atoms with Crippen molar-refractivity contribution in [3.05, 3.63) is 23.8 Å². The molecular weight excluding hydrogens is 142 g/mol. The van der Waals surface area contributed by atoms with E-state index in [0.29, 0.717) is 0 Å². The minimum absolute atomic E-state index is 0.192. The minimum Gasteiger partial charge on any atom is -0.295 e. The highest BCUT2D eigenvalue weighted by atomic mass is 16.6. The maximum absolute atomic E-state index is 4.97. The average molecular weight is 153 g/mol. The largest absolute Gasteiger partial charge is 0.295 e. The number of aromatic nitrogens is 2. The summed E-state index contributed by atoms with van der Waals surface area (Å²) in [6.07, 6.45) is 3.15. The van der Waals surface area contributed by atoms with Crippen LogP contribution in [0.15, 0.2) is 12.4 Å². The van der Waals surface area contributed by atoms with Crippen molar-refractivity contribution in [2.45, 2.75) is 20.0 Å². The number of hydrogen-bond donors (Lipinski definition) is 1. The summed E-state index contributed by atoms with van der Waals surface area (Å²) in [7, 11) is 0. The zero-order valence-electron chi connectivity index (χ0n) is 6.61. The van der Waals surface area contributed by atoms with Gasteiger partial charge in [0.15, 0.2) is 0 Å². The molecule has 1 aromatic rings. The molecule has 0 radical (unpaired) electrons. The van der Waals surface area contributed by atoms with E-state index in [4.69, 9.17) is 5.90 Å². The topological polar surface area (TPSA) is 61.0 Å². The molecule has 1 atom stereocenters. The molecule has 0 aliphatic heterocycles. The Hall–Kier alpha value is -1.00. The van der Waals surface area contributed by atoms with Gasteiger partial charge in [0.05, 0.1) is 17.6 Å². The maximum atomic E-state index is 4.97. The van der Waals surface area contributed by atoms with E-state index in [1.807, 2.05) is 13.8 Å². The van der Waals surface area contributed by atoms with E-state index in [9.17, 15) is 0 Å². The van der Waals surface area contributed by atoms with Crippen molar-refractivity contribution >= 4 is 0 Å². The van der Waals surface area contributed by atoms with E-state index < -0.39 is 0 Å². The Bertz CT molecular complexity index is 222. The molecule has 0 amide bonds. The van der Waals surface area contributed by atoms with Gasteiger partial charge in [-0.25, -0.2) is 5.90 Å². The Morgan fingerprint density at radius 3 is 2.64 bits per heavy atom. The van der Waals surface area contributed by atoms with Gasteiger partial charge in [0.2, 0.25) is 0 Å². The number of rotatable bonds is 2. The Balaban J connectivity index is 2.81. The van der Waals surface area contributed by atoms with Crippen molar-refractivity contribution in [2.24, 2.45) is 5.90 Å². The van der Waals surface area contributed by atoms with Gasteiger partial charge in [-0.15, -0.1) is 0 Å². The molecule has 60 valence electrons. The van der Waals surface area contributed by atoms with Gasteiger partial charge in [-0.05, 0) is 13.8 Å². The van der Waals surface area contributed by atoms with Crippen LogP contribution in [0.5, 0.6) is 0 Å². The Morgan fingerprint density at radius 2 is 2.18 bits per heavy atom. The third kappa shape index (κ3) is 1.96. The molecular formula is C7H11N3O. The summed E-state index contributed by atoms with van der Waals surface area (Å²) < 4.78 is 0. The highest BCUT2D eigenvalue weighted by molar-refractivity contribution is 5.02. The van der Waals surface area contributed by atoms with Crippen molar-refractivity contribution < 1.29 is 4.84 Å². The highest BCUT2D eigenvalue weighted by Crippen LogP contribution is 2.09. The van der Waals surface area contributed by atoms with Gasteiger partial charge < -0.3 is 0 Å². The summed E-state index contributed by atoms with van der Waals surface area (Å²) in [6, 6.07) is 0. The lowest BCUT2D eigenvalue weighted by Gasteiger charge is -2.06. The first-order chi connectivity index (χ1) is 5.24. The van der Waals surface area contributed by atoms with Crippen LogP contribution in [0.2, 0.25) is 0 Å². The SMILES string of the molecule is Cc1cnc(C(C)ON)cn1. The lowest BCUT2D eigenvalue weighted by Crippen LogP contribution is -2.07. The van der Waals surface area contributed by atoms with Gasteiger partial charge in [-0.3, -0.25) is 14.8 Å². The molecule has 0 spiro atoms. The number of nitrogens with two attached hydrogens (primary N) is 1. The molecule has 0 aliphatic rings. The van der Waals surface area contributed by atoms with Crippen LogP contribution in [-0.2, 0) is 4.84 Å². The van der Waals surface area contributed by atoms with E-state index in [1.165, 1.54) is 0 Å². The molecule has 0 fully saturated rings. The lowest BCUT2D eigenvalue weighted by atomic mass is 10.3. The summed E-state index contributed by atoms with van der Waals surface area (Å²) in [5, 5.41) is 0. The zero-order chi connectivity index (χ0) is 8.27. The van der Waals surface area contributed by atoms with Crippen LogP contribution in [-0.4, -0.2) is 9.97 Å². The molecule has 0 aliphatic carbocycles. The van der Waals surface area contributed by atoms with Crippen molar-refractivity contribution in [3.8, 4) is 0 Å². The van der Waals surface area contributed by atoms with Crippen LogP contribution < -0.4 is 5.90 Å². The molecule has 11 heavy (non-hydrogen) atoms. The molecule has 0 aromatic carbocycles. The third-order valence-electron chi connectivity index (χ3n) is 1.42. The van der Waals surface area contributed by atoms with Gasteiger partial charge in [0, 0.05) is 6.20 Å². The third-order valence-corrected chi connectivity index (χ3v) is 1.42. The molecule has 4 heteroatoms. The second-order valence-corrected chi connectivity index (χ2v) is 2.36. The fraction of sp³-hybridized carbons (Fsp3) is 0.429. The fourth-order valence-electron chi connectivity index (χ4n) is 0.682. The summed E-state index contributed by atoms with van der Waals surface area (Å²) in [4.78, 5) is 12.7. The second kappa shape index (κ2) is 3.41. The minimum atomic E-state index is -0.192. The molecule has 1 unspecified atom stereocenters. The van der Waals surface area contributed by atoms with Crippen LogP contribution in [0.1, 0.15) is 24.4 Å².